The third-order valence-electron chi connectivity index (χ3n) is 1.50. The summed E-state index contributed by atoms with van der Waals surface area (Å²) < 4.78 is 0. The van der Waals surface area contributed by atoms with Crippen molar-refractivity contribution in [3.05, 3.63) is 0 Å². The van der Waals surface area contributed by atoms with Crippen LogP contribution in [0, 0.1) is 5.92 Å². The predicted octanol–water partition coefficient (Wildman–Crippen LogP) is 2.74. The number of hydrogen-bond donors (Lipinski definition) is 0. The van der Waals surface area contributed by atoms with Crippen LogP contribution >= 0.6 is 11.8 Å². The Hall–Kier alpha value is 0.0200. The highest BCUT2D eigenvalue weighted by atomic mass is 32.2. The minimum absolute atomic E-state index is 0.374. The van der Waals surface area contributed by atoms with Crippen LogP contribution in [0.4, 0.5) is 0 Å². The molecule has 0 aromatic carbocycles. The lowest BCUT2D eigenvalue weighted by Crippen LogP contribution is -2.00. The second kappa shape index (κ2) is 6.71. The average molecular weight is 174 g/mol. The number of rotatable bonds is 6. The molecule has 2 heteroatoms. The molecule has 0 radical (unpaired) electrons. The summed E-state index contributed by atoms with van der Waals surface area (Å²) >= 11 is 1.76. The first-order valence-corrected chi connectivity index (χ1v) is 5.41. The van der Waals surface area contributed by atoms with E-state index in [9.17, 15) is 4.79 Å². The quantitative estimate of drug-likeness (QED) is 0.576. The third kappa shape index (κ3) is 7.92. The van der Waals surface area contributed by atoms with Gasteiger partial charge in [0.1, 0.15) is 5.78 Å². The van der Waals surface area contributed by atoms with Crippen molar-refractivity contribution in [1.82, 2.24) is 0 Å². The van der Waals surface area contributed by atoms with Gasteiger partial charge in [0.15, 0.2) is 0 Å². The van der Waals surface area contributed by atoms with Crippen LogP contribution < -0.4 is 0 Å². The van der Waals surface area contributed by atoms with E-state index >= 15 is 0 Å². The van der Waals surface area contributed by atoms with E-state index in [4.69, 9.17) is 0 Å². The second-order valence-corrected chi connectivity index (χ2v) is 4.23. The minimum Gasteiger partial charge on any atom is -0.299 e. The lowest BCUT2D eigenvalue weighted by atomic mass is 10.2. The first-order chi connectivity index (χ1) is 5.16. The van der Waals surface area contributed by atoms with Crippen molar-refractivity contribution >= 4 is 17.5 Å². The molecule has 1 nitrogen and oxygen atoms in total. The fourth-order valence-electron chi connectivity index (χ4n) is 0.607. The largest absolute Gasteiger partial charge is 0.299 e. The molecule has 0 N–H and O–H groups in total. The number of hydrogen-bond acceptors (Lipinski definition) is 2. The van der Waals surface area contributed by atoms with E-state index in [2.05, 4.69) is 13.8 Å². The maximum Gasteiger partial charge on any atom is 0.142 e. The third-order valence-corrected chi connectivity index (χ3v) is 2.55. The molecular formula is C9H18OS. The summed E-state index contributed by atoms with van der Waals surface area (Å²) in [6, 6.07) is 0. The number of Topliss-reactive ketones (excluding diaryl/α,β-unsaturated/α-hetero) is 1. The SMILES string of the molecule is CCC(=O)CSCCC(C)C. The van der Waals surface area contributed by atoms with Crippen LogP contribution in [0.1, 0.15) is 33.6 Å². The van der Waals surface area contributed by atoms with Crippen LogP contribution in [0.2, 0.25) is 0 Å². The Morgan fingerprint density at radius 2 is 2.09 bits per heavy atom. The highest BCUT2D eigenvalue weighted by Gasteiger charge is 1.98. The zero-order valence-electron chi connectivity index (χ0n) is 7.72. The standard InChI is InChI=1S/C9H18OS/c1-4-9(10)7-11-6-5-8(2)3/h8H,4-7H2,1-3H3. The maximum atomic E-state index is 10.8. The highest BCUT2D eigenvalue weighted by Crippen LogP contribution is 2.08. The molecule has 0 unspecified atom stereocenters. The van der Waals surface area contributed by atoms with Gasteiger partial charge in [-0.25, -0.2) is 0 Å². The average Bonchev–Trinajstić information content (AvgIpc) is 1.97. The molecule has 0 rings (SSSR count). The number of carbonyl (C=O) groups excluding carboxylic acids is 1. The van der Waals surface area contributed by atoms with Gasteiger partial charge in [-0.1, -0.05) is 20.8 Å². The molecule has 0 aromatic heterocycles. The zero-order valence-corrected chi connectivity index (χ0v) is 8.54. The Morgan fingerprint density at radius 3 is 2.55 bits per heavy atom. The second-order valence-electron chi connectivity index (χ2n) is 3.13. The van der Waals surface area contributed by atoms with Gasteiger partial charge in [-0.2, -0.15) is 11.8 Å². The van der Waals surface area contributed by atoms with Crippen LogP contribution in [0.25, 0.3) is 0 Å². The van der Waals surface area contributed by atoms with Gasteiger partial charge in [-0.05, 0) is 18.1 Å². The Bertz CT molecular complexity index is 110. The van der Waals surface area contributed by atoms with Crippen molar-refractivity contribution in [2.75, 3.05) is 11.5 Å². The molecule has 11 heavy (non-hydrogen) atoms. The van der Waals surface area contributed by atoms with Gasteiger partial charge in [0, 0.05) is 6.42 Å². The van der Waals surface area contributed by atoms with Gasteiger partial charge in [0.05, 0.1) is 5.75 Å². The number of thioether (sulfide) groups is 1. The fourth-order valence-corrected chi connectivity index (χ4v) is 1.82. The van der Waals surface area contributed by atoms with E-state index < -0.39 is 0 Å². The summed E-state index contributed by atoms with van der Waals surface area (Å²) in [7, 11) is 0. The Balaban J connectivity index is 3.08. The molecule has 66 valence electrons. The molecule has 0 heterocycles. The van der Waals surface area contributed by atoms with Crippen LogP contribution in [-0.2, 0) is 4.79 Å². The van der Waals surface area contributed by atoms with E-state index in [0.717, 1.165) is 11.7 Å². The first-order valence-electron chi connectivity index (χ1n) is 4.26. The molecule has 0 saturated carbocycles. The first kappa shape index (κ1) is 11.0. The van der Waals surface area contributed by atoms with Crippen molar-refractivity contribution < 1.29 is 4.79 Å². The number of ketones is 1. The normalized spacial score (nSPS) is 10.5. The molecule has 0 bridgehead atoms. The monoisotopic (exact) mass is 174 g/mol. The van der Waals surface area contributed by atoms with Gasteiger partial charge in [0.2, 0.25) is 0 Å². The van der Waals surface area contributed by atoms with Crippen LogP contribution in [0.3, 0.4) is 0 Å². The Morgan fingerprint density at radius 1 is 1.45 bits per heavy atom. The van der Waals surface area contributed by atoms with Gasteiger partial charge in [-0.3, -0.25) is 4.79 Å². The van der Waals surface area contributed by atoms with E-state index in [1.807, 2.05) is 6.92 Å². The topological polar surface area (TPSA) is 17.1 Å². The van der Waals surface area contributed by atoms with E-state index in [1.54, 1.807) is 11.8 Å². The van der Waals surface area contributed by atoms with Crippen LogP contribution in [0.15, 0.2) is 0 Å². The molecule has 0 atom stereocenters. The lowest BCUT2D eigenvalue weighted by Gasteiger charge is -2.02. The molecule has 0 aliphatic rings. The molecule has 0 amide bonds. The van der Waals surface area contributed by atoms with Gasteiger partial charge < -0.3 is 0 Å². The fraction of sp³-hybridized carbons (Fsp3) is 0.889. The van der Waals surface area contributed by atoms with Crippen LogP contribution in [0.5, 0.6) is 0 Å². The molecule has 0 fully saturated rings. The number of carbonyl (C=O) groups is 1. The summed E-state index contributed by atoms with van der Waals surface area (Å²) in [5.74, 6) is 2.98. The maximum absolute atomic E-state index is 10.8. The van der Waals surface area contributed by atoms with Gasteiger partial charge in [-0.15, -0.1) is 0 Å². The van der Waals surface area contributed by atoms with Crippen molar-refractivity contribution in [3.8, 4) is 0 Å². The molecule has 0 aliphatic heterocycles. The highest BCUT2D eigenvalue weighted by molar-refractivity contribution is 7.99. The predicted molar refractivity (Wildman–Crippen MR) is 52.1 cm³/mol. The van der Waals surface area contributed by atoms with Crippen molar-refractivity contribution in [3.63, 3.8) is 0 Å². The van der Waals surface area contributed by atoms with E-state index in [-0.39, 0.29) is 0 Å². The minimum atomic E-state index is 0.374. The van der Waals surface area contributed by atoms with E-state index in [0.29, 0.717) is 18.0 Å². The van der Waals surface area contributed by atoms with Crippen molar-refractivity contribution in [1.29, 1.82) is 0 Å². The summed E-state index contributed by atoms with van der Waals surface area (Å²) in [5.41, 5.74) is 0. The van der Waals surface area contributed by atoms with Gasteiger partial charge >= 0.3 is 0 Å². The Kier molecular flexibility index (Phi) is 6.73. The molecule has 0 aromatic rings. The summed E-state index contributed by atoms with van der Waals surface area (Å²) in [5, 5.41) is 0. The summed E-state index contributed by atoms with van der Waals surface area (Å²) in [6.45, 7) is 6.34. The zero-order chi connectivity index (χ0) is 8.69. The lowest BCUT2D eigenvalue weighted by molar-refractivity contribution is -0.116. The molecular weight excluding hydrogens is 156 g/mol. The van der Waals surface area contributed by atoms with Crippen LogP contribution in [-0.4, -0.2) is 17.3 Å². The summed E-state index contributed by atoms with van der Waals surface area (Å²) in [4.78, 5) is 10.8. The Labute approximate surface area is 73.9 Å². The molecule has 0 spiro atoms. The smallest absolute Gasteiger partial charge is 0.142 e. The van der Waals surface area contributed by atoms with Gasteiger partial charge in [0.25, 0.3) is 0 Å². The molecule has 0 saturated heterocycles. The molecule has 0 aliphatic carbocycles. The van der Waals surface area contributed by atoms with Crippen molar-refractivity contribution in [2.45, 2.75) is 33.6 Å². The van der Waals surface area contributed by atoms with E-state index in [1.165, 1.54) is 6.42 Å². The summed E-state index contributed by atoms with van der Waals surface area (Å²) in [6.07, 6.45) is 1.91. The van der Waals surface area contributed by atoms with Crippen molar-refractivity contribution in [2.24, 2.45) is 5.92 Å².